The second kappa shape index (κ2) is 9.28. The lowest BCUT2D eigenvalue weighted by molar-refractivity contribution is 0.0995. The maximum atomic E-state index is 12.6. The van der Waals surface area contributed by atoms with Gasteiger partial charge in [0.2, 0.25) is 15.9 Å². The van der Waals surface area contributed by atoms with Gasteiger partial charge in [-0.15, -0.1) is 10.2 Å². The number of carbonyl (C=O) groups excluding carboxylic acids is 1. The third-order valence-electron chi connectivity index (χ3n) is 5.37. The van der Waals surface area contributed by atoms with Crippen molar-refractivity contribution in [2.45, 2.75) is 6.54 Å². The number of azo groups is 1. The van der Waals surface area contributed by atoms with Crippen molar-refractivity contribution in [2.24, 2.45) is 17.3 Å². The fourth-order valence-electron chi connectivity index (χ4n) is 3.56. The lowest BCUT2D eigenvalue weighted by Gasteiger charge is -2.23. The number of sulfonamides is 1. The summed E-state index contributed by atoms with van der Waals surface area (Å²) in [6, 6.07) is 20.2. The van der Waals surface area contributed by atoms with Gasteiger partial charge < -0.3 is 9.67 Å². The van der Waals surface area contributed by atoms with E-state index in [0.29, 0.717) is 21.7 Å². The summed E-state index contributed by atoms with van der Waals surface area (Å²) < 4.78 is 27.6. The third-order valence-corrected chi connectivity index (χ3v) is 6.87. The molecule has 0 aliphatic rings. The van der Waals surface area contributed by atoms with E-state index in [-0.39, 0.29) is 23.7 Å². The number of para-hydroxylation sites is 1. The SMILES string of the molecule is Cn1c(O)c(N=NC(=O)c2ccc(N(Cc3ccccc3Cl)S(C)(=O)=O)cc2)c2ccccc21. The minimum Gasteiger partial charge on any atom is -0.493 e. The molecular formula is C24H21ClN4O4S. The number of nitrogens with zero attached hydrogens (tertiary/aromatic N) is 4. The monoisotopic (exact) mass is 496 g/mol. The van der Waals surface area contributed by atoms with Crippen LogP contribution in [0.4, 0.5) is 11.4 Å². The molecule has 0 atom stereocenters. The Labute approximate surface area is 201 Å². The molecule has 1 heterocycles. The zero-order chi connectivity index (χ0) is 24.5. The highest BCUT2D eigenvalue weighted by Crippen LogP contribution is 2.37. The fraction of sp³-hybridized carbons (Fsp3) is 0.125. The van der Waals surface area contributed by atoms with Crippen molar-refractivity contribution in [2.75, 3.05) is 10.6 Å². The highest BCUT2D eigenvalue weighted by molar-refractivity contribution is 7.92. The van der Waals surface area contributed by atoms with Gasteiger partial charge in [0.25, 0.3) is 5.91 Å². The largest absolute Gasteiger partial charge is 0.493 e. The van der Waals surface area contributed by atoms with Gasteiger partial charge >= 0.3 is 0 Å². The minimum atomic E-state index is -3.62. The highest BCUT2D eigenvalue weighted by atomic mass is 35.5. The second-order valence-corrected chi connectivity index (χ2v) is 9.98. The van der Waals surface area contributed by atoms with E-state index in [2.05, 4.69) is 10.2 Å². The molecule has 8 nitrogen and oxygen atoms in total. The molecule has 0 bridgehead atoms. The first-order valence-electron chi connectivity index (χ1n) is 10.2. The topological polar surface area (TPSA) is 104 Å². The van der Waals surface area contributed by atoms with Crippen molar-refractivity contribution in [1.29, 1.82) is 0 Å². The smallest absolute Gasteiger partial charge is 0.295 e. The standard InChI is InChI=1S/C24H21ClN4O4S/c1-28-21-10-6-4-8-19(21)22(24(28)31)26-27-23(30)16-11-13-18(14-12-16)29(34(2,32)33)15-17-7-3-5-9-20(17)25/h3-14,31H,15H2,1-2H3. The summed E-state index contributed by atoms with van der Waals surface area (Å²) in [5, 5.41) is 19.2. The van der Waals surface area contributed by atoms with Crippen LogP contribution in [0.15, 0.2) is 83.0 Å². The lowest BCUT2D eigenvalue weighted by Crippen LogP contribution is -2.29. The van der Waals surface area contributed by atoms with E-state index in [0.717, 1.165) is 11.8 Å². The predicted molar refractivity (Wildman–Crippen MR) is 132 cm³/mol. The van der Waals surface area contributed by atoms with Gasteiger partial charge in [0, 0.05) is 23.0 Å². The Morgan fingerprint density at radius 1 is 1.03 bits per heavy atom. The number of fused-ring (bicyclic) bond motifs is 1. The molecule has 10 heteroatoms. The second-order valence-electron chi connectivity index (χ2n) is 7.66. The van der Waals surface area contributed by atoms with Gasteiger partial charge in [0.05, 0.1) is 24.0 Å². The summed E-state index contributed by atoms with van der Waals surface area (Å²) >= 11 is 6.20. The molecule has 4 aromatic rings. The van der Waals surface area contributed by atoms with Crippen LogP contribution in [0.5, 0.6) is 5.88 Å². The first-order valence-corrected chi connectivity index (χ1v) is 12.4. The number of anilines is 1. The van der Waals surface area contributed by atoms with Crippen molar-refractivity contribution in [3.63, 3.8) is 0 Å². The van der Waals surface area contributed by atoms with Crippen LogP contribution in [0.3, 0.4) is 0 Å². The van der Waals surface area contributed by atoms with Crippen LogP contribution >= 0.6 is 11.6 Å². The van der Waals surface area contributed by atoms with Crippen LogP contribution in [0.1, 0.15) is 15.9 Å². The van der Waals surface area contributed by atoms with Crippen LogP contribution in [0.2, 0.25) is 5.02 Å². The van der Waals surface area contributed by atoms with Crippen molar-refractivity contribution >= 4 is 49.8 Å². The van der Waals surface area contributed by atoms with Gasteiger partial charge in [-0.2, -0.15) is 0 Å². The molecule has 3 aromatic carbocycles. The Bertz CT molecular complexity index is 1510. The minimum absolute atomic E-state index is 0.0475. The van der Waals surface area contributed by atoms with E-state index in [4.69, 9.17) is 11.6 Å². The van der Waals surface area contributed by atoms with Gasteiger partial charge in [-0.25, -0.2) is 8.42 Å². The van der Waals surface area contributed by atoms with Crippen LogP contribution in [-0.4, -0.2) is 30.3 Å². The number of benzene rings is 3. The molecule has 0 aliphatic carbocycles. The van der Waals surface area contributed by atoms with E-state index in [9.17, 15) is 18.3 Å². The van der Waals surface area contributed by atoms with E-state index in [1.54, 1.807) is 48.0 Å². The lowest BCUT2D eigenvalue weighted by atomic mass is 10.2. The maximum Gasteiger partial charge on any atom is 0.295 e. The van der Waals surface area contributed by atoms with Gasteiger partial charge in [-0.05, 0) is 42.0 Å². The summed E-state index contributed by atoms with van der Waals surface area (Å²) in [7, 11) is -1.93. The third kappa shape index (κ3) is 4.66. The number of hydrogen-bond acceptors (Lipinski definition) is 5. The summed E-state index contributed by atoms with van der Waals surface area (Å²) in [6.45, 7) is 0.0475. The molecule has 1 N–H and O–H groups in total. The average Bonchev–Trinajstić information content (AvgIpc) is 3.06. The number of aromatic hydroxyl groups is 1. The molecule has 0 fully saturated rings. The number of aromatic nitrogens is 1. The van der Waals surface area contributed by atoms with E-state index in [1.807, 2.05) is 12.1 Å². The van der Waals surface area contributed by atoms with Crippen molar-refractivity contribution in [3.8, 4) is 5.88 Å². The number of hydrogen-bond donors (Lipinski definition) is 1. The fourth-order valence-corrected chi connectivity index (χ4v) is 4.64. The molecule has 1 aromatic heterocycles. The van der Waals surface area contributed by atoms with Crippen LogP contribution in [-0.2, 0) is 23.6 Å². The molecule has 0 unspecified atom stereocenters. The number of carbonyl (C=O) groups is 1. The molecule has 0 saturated heterocycles. The van der Waals surface area contributed by atoms with Gasteiger partial charge in [-0.1, -0.05) is 48.0 Å². The van der Waals surface area contributed by atoms with Crippen molar-refractivity contribution < 1.29 is 18.3 Å². The summed E-state index contributed by atoms with van der Waals surface area (Å²) in [5.74, 6) is -0.729. The molecule has 1 amide bonds. The number of rotatable bonds is 6. The molecule has 0 radical (unpaired) electrons. The van der Waals surface area contributed by atoms with Gasteiger partial charge in [0.15, 0.2) is 5.69 Å². The molecule has 4 rings (SSSR count). The normalized spacial score (nSPS) is 11.9. The summed E-state index contributed by atoms with van der Waals surface area (Å²) in [6.07, 6.45) is 1.10. The van der Waals surface area contributed by atoms with E-state index in [1.165, 1.54) is 28.6 Å². The summed E-state index contributed by atoms with van der Waals surface area (Å²) in [5.41, 5.74) is 2.20. The Hall–Kier alpha value is -3.69. The Morgan fingerprint density at radius 3 is 2.35 bits per heavy atom. The van der Waals surface area contributed by atoms with E-state index >= 15 is 0 Å². The van der Waals surface area contributed by atoms with Crippen LogP contribution in [0, 0.1) is 0 Å². The quantitative estimate of drug-likeness (QED) is 0.359. The van der Waals surface area contributed by atoms with Crippen molar-refractivity contribution in [3.05, 3.63) is 88.9 Å². The van der Waals surface area contributed by atoms with Crippen molar-refractivity contribution in [1.82, 2.24) is 4.57 Å². The zero-order valence-electron chi connectivity index (χ0n) is 18.4. The van der Waals surface area contributed by atoms with Gasteiger partial charge in [0.1, 0.15) is 0 Å². The zero-order valence-corrected chi connectivity index (χ0v) is 20.0. The van der Waals surface area contributed by atoms with Gasteiger partial charge in [-0.3, -0.25) is 9.10 Å². The number of halogens is 1. The summed E-state index contributed by atoms with van der Waals surface area (Å²) in [4.78, 5) is 12.6. The molecular weight excluding hydrogens is 476 g/mol. The molecule has 0 aliphatic heterocycles. The number of aryl methyl sites for hydroxylation is 1. The van der Waals surface area contributed by atoms with E-state index < -0.39 is 15.9 Å². The maximum absolute atomic E-state index is 12.6. The molecule has 174 valence electrons. The number of amides is 1. The Balaban J connectivity index is 1.59. The molecule has 0 saturated carbocycles. The Morgan fingerprint density at radius 2 is 1.68 bits per heavy atom. The van der Waals surface area contributed by atoms with Crippen LogP contribution < -0.4 is 4.31 Å². The Kier molecular flexibility index (Phi) is 6.41. The molecule has 0 spiro atoms. The first kappa shape index (κ1) is 23.5. The first-order chi connectivity index (χ1) is 16.2. The molecule has 34 heavy (non-hydrogen) atoms. The van der Waals surface area contributed by atoms with Crippen LogP contribution in [0.25, 0.3) is 10.9 Å². The highest BCUT2D eigenvalue weighted by Gasteiger charge is 2.20. The average molecular weight is 497 g/mol. The predicted octanol–water partition coefficient (Wildman–Crippen LogP) is 5.43.